The molecule has 0 bridgehead atoms. The lowest BCUT2D eigenvalue weighted by Crippen LogP contribution is -2.15. The van der Waals surface area contributed by atoms with Gasteiger partial charge < -0.3 is 10.5 Å². The van der Waals surface area contributed by atoms with Gasteiger partial charge in [0.05, 0.1) is 6.10 Å². The predicted molar refractivity (Wildman–Crippen MR) is 71.2 cm³/mol. The zero-order chi connectivity index (χ0) is 12.1. The SMILES string of the molecule is Cc1cc(OC2CCCCCC2)ccc1CN. The first-order valence-electron chi connectivity index (χ1n) is 6.76. The largest absolute Gasteiger partial charge is 0.490 e. The monoisotopic (exact) mass is 233 g/mol. The van der Waals surface area contributed by atoms with Gasteiger partial charge in [-0.3, -0.25) is 0 Å². The molecule has 17 heavy (non-hydrogen) atoms. The van der Waals surface area contributed by atoms with Crippen molar-refractivity contribution < 1.29 is 4.74 Å². The Bertz CT molecular complexity index is 354. The fourth-order valence-electron chi connectivity index (χ4n) is 2.52. The number of benzene rings is 1. The smallest absolute Gasteiger partial charge is 0.120 e. The summed E-state index contributed by atoms with van der Waals surface area (Å²) >= 11 is 0. The average molecular weight is 233 g/mol. The van der Waals surface area contributed by atoms with E-state index >= 15 is 0 Å². The summed E-state index contributed by atoms with van der Waals surface area (Å²) in [6.07, 6.45) is 8.18. The minimum absolute atomic E-state index is 0.417. The number of rotatable bonds is 3. The van der Waals surface area contributed by atoms with Gasteiger partial charge in [-0.2, -0.15) is 0 Å². The van der Waals surface area contributed by atoms with E-state index in [1.165, 1.54) is 49.7 Å². The molecule has 0 unspecified atom stereocenters. The van der Waals surface area contributed by atoms with Crippen molar-refractivity contribution in [2.24, 2.45) is 5.73 Å². The van der Waals surface area contributed by atoms with Crippen LogP contribution in [0.25, 0.3) is 0 Å². The molecule has 0 amide bonds. The van der Waals surface area contributed by atoms with Crippen LogP contribution in [0.1, 0.15) is 49.7 Å². The van der Waals surface area contributed by atoms with Crippen LogP contribution >= 0.6 is 0 Å². The second kappa shape index (κ2) is 6.06. The summed E-state index contributed by atoms with van der Waals surface area (Å²) in [4.78, 5) is 0. The van der Waals surface area contributed by atoms with Crippen molar-refractivity contribution in [3.8, 4) is 5.75 Å². The molecule has 0 saturated heterocycles. The predicted octanol–water partition coefficient (Wildman–Crippen LogP) is 3.56. The molecule has 94 valence electrons. The van der Waals surface area contributed by atoms with Gasteiger partial charge in [-0.25, -0.2) is 0 Å². The highest BCUT2D eigenvalue weighted by Crippen LogP contribution is 2.24. The molecule has 1 aliphatic rings. The van der Waals surface area contributed by atoms with Gasteiger partial charge in [0.2, 0.25) is 0 Å². The number of hydrogen-bond acceptors (Lipinski definition) is 2. The van der Waals surface area contributed by atoms with Gasteiger partial charge in [0, 0.05) is 6.54 Å². The maximum Gasteiger partial charge on any atom is 0.120 e. The Kier molecular flexibility index (Phi) is 4.43. The lowest BCUT2D eigenvalue weighted by Gasteiger charge is -2.17. The van der Waals surface area contributed by atoms with E-state index in [0.29, 0.717) is 12.6 Å². The average Bonchev–Trinajstić information content (AvgIpc) is 2.58. The molecule has 0 spiro atoms. The fraction of sp³-hybridized carbons (Fsp3) is 0.600. The summed E-state index contributed by atoms with van der Waals surface area (Å²) < 4.78 is 6.07. The highest BCUT2D eigenvalue weighted by molar-refractivity contribution is 5.34. The molecule has 0 aliphatic heterocycles. The molecule has 1 fully saturated rings. The molecule has 2 heteroatoms. The number of nitrogens with two attached hydrogens (primary N) is 1. The van der Waals surface area contributed by atoms with Gasteiger partial charge >= 0.3 is 0 Å². The third kappa shape index (κ3) is 3.47. The van der Waals surface area contributed by atoms with Crippen LogP contribution in [0, 0.1) is 6.92 Å². The molecule has 1 aliphatic carbocycles. The van der Waals surface area contributed by atoms with Crippen LogP contribution in [0.2, 0.25) is 0 Å². The van der Waals surface area contributed by atoms with Gasteiger partial charge in [0.15, 0.2) is 0 Å². The first-order chi connectivity index (χ1) is 8.29. The van der Waals surface area contributed by atoms with Crippen LogP contribution in [0.3, 0.4) is 0 Å². The van der Waals surface area contributed by atoms with Crippen molar-refractivity contribution in [1.82, 2.24) is 0 Å². The Morgan fingerprint density at radius 1 is 1.18 bits per heavy atom. The lowest BCUT2D eigenvalue weighted by atomic mass is 10.1. The van der Waals surface area contributed by atoms with Crippen LogP contribution in [-0.4, -0.2) is 6.10 Å². The Morgan fingerprint density at radius 3 is 2.47 bits per heavy atom. The van der Waals surface area contributed by atoms with Gasteiger partial charge in [-0.15, -0.1) is 0 Å². The Morgan fingerprint density at radius 2 is 1.88 bits per heavy atom. The molecular weight excluding hydrogens is 210 g/mol. The summed E-state index contributed by atoms with van der Waals surface area (Å²) in [7, 11) is 0. The van der Waals surface area contributed by atoms with Gasteiger partial charge in [-0.05, 0) is 55.9 Å². The van der Waals surface area contributed by atoms with Gasteiger partial charge in [0.1, 0.15) is 5.75 Å². The molecular formula is C15H23NO. The molecule has 2 nitrogen and oxygen atoms in total. The maximum atomic E-state index is 6.07. The van der Waals surface area contributed by atoms with Crippen molar-refractivity contribution in [3.63, 3.8) is 0 Å². The molecule has 0 aromatic heterocycles. The minimum atomic E-state index is 0.417. The van der Waals surface area contributed by atoms with E-state index in [4.69, 9.17) is 10.5 Å². The van der Waals surface area contributed by atoms with Crippen molar-refractivity contribution >= 4 is 0 Å². The maximum absolute atomic E-state index is 6.07. The molecule has 1 aromatic rings. The fourth-order valence-corrected chi connectivity index (χ4v) is 2.52. The van der Waals surface area contributed by atoms with Crippen molar-refractivity contribution in [3.05, 3.63) is 29.3 Å². The minimum Gasteiger partial charge on any atom is -0.490 e. The summed E-state index contributed by atoms with van der Waals surface area (Å²) in [6.45, 7) is 2.71. The second-order valence-corrected chi connectivity index (χ2v) is 5.02. The lowest BCUT2D eigenvalue weighted by molar-refractivity contribution is 0.183. The first kappa shape index (κ1) is 12.4. The van der Waals surface area contributed by atoms with Crippen LogP contribution in [-0.2, 0) is 6.54 Å². The van der Waals surface area contributed by atoms with E-state index < -0.39 is 0 Å². The second-order valence-electron chi connectivity index (χ2n) is 5.02. The molecule has 1 aromatic carbocycles. The first-order valence-corrected chi connectivity index (χ1v) is 6.76. The molecule has 0 atom stereocenters. The zero-order valence-corrected chi connectivity index (χ0v) is 10.7. The number of hydrogen-bond donors (Lipinski definition) is 1. The van der Waals surface area contributed by atoms with E-state index in [-0.39, 0.29) is 0 Å². The van der Waals surface area contributed by atoms with Crippen molar-refractivity contribution in [1.29, 1.82) is 0 Å². The van der Waals surface area contributed by atoms with Gasteiger partial charge in [0.25, 0.3) is 0 Å². The van der Waals surface area contributed by atoms with E-state index in [1.807, 2.05) is 0 Å². The number of ether oxygens (including phenoxy) is 1. The van der Waals surface area contributed by atoms with E-state index in [0.717, 1.165) is 5.75 Å². The van der Waals surface area contributed by atoms with Crippen molar-refractivity contribution in [2.45, 2.75) is 58.1 Å². The summed E-state index contributed by atoms with van der Waals surface area (Å²) in [5.74, 6) is 1.01. The molecule has 2 N–H and O–H groups in total. The third-order valence-electron chi connectivity index (χ3n) is 3.64. The van der Waals surface area contributed by atoms with Crippen LogP contribution in [0.15, 0.2) is 18.2 Å². The topological polar surface area (TPSA) is 35.2 Å². The zero-order valence-electron chi connectivity index (χ0n) is 10.7. The Labute approximate surface area is 104 Å². The van der Waals surface area contributed by atoms with Crippen LogP contribution < -0.4 is 10.5 Å². The Balaban J connectivity index is 1.99. The highest BCUT2D eigenvalue weighted by Gasteiger charge is 2.13. The highest BCUT2D eigenvalue weighted by atomic mass is 16.5. The molecule has 2 rings (SSSR count). The van der Waals surface area contributed by atoms with Crippen LogP contribution in [0.4, 0.5) is 0 Å². The van der Waals surface area contributed by atoms with E-state index in [9.17, 15) is 0 Å². The van der Waals surface area contributed by atoms with E-state index in [2.05, 4.69) is 25.1 Å². The molecule has 0 heterocycles. The normalized spacial score (nSPS) is 17.8. The summed E-state index contributed by atoms with van der Waals surface area (Å²) in [5.41, 5.74) is 8.11. The quantitative estimate of drug-likeness (QED) is 0.810. The van der Waals surface area contributed by atoms with Crippen LogP contribution in [0.5, 0.6) is 5.75 Å². The number of aryl methyl sites for hydroxylation is 1. The standard InChI is InChI=1S/C15H23NO/c1-12-10-15(9-8-13(12)11-16)17-14-6-4-2-3-5-7-14/h8-10,14H,2-7,11,16H2,1H3. The third-order valence-corrected chi connectivity index (χ3v) is 3.64. The van der Waals surface area contributed by atoms with Gasteiger partial charge in [-0.1, -0.05) is 18.9 Å². The summed E-state index contributed by atoms with van der Waals surface area (Å²) in [6, 6.07) is 6.26. The van der Waals surface area contributed by atoms with Crippen molar-refractivity contribution in [2.75, 3.05) is 0 Å². The molecule has 0 radical (unpaired) electrons. The molecule has 1 saturated carbocycles. The van der Waals surface area contributed by atoms with E-state index in [1.54, 1.807) is 0 Å². The Hall–Kier alpha value is -1.02. The summed E-state index contributed by atoms with van der Waals surface area (Å²) in [5, 5.41) is 0.